The van der Waals surface area contributed by atoms with Gasteiger partial charge in [-0.2, -0.15) is 11.7 Å². The number of hydrogen-bond acceptors (Lipinski definition) is 3. The average Bonchev–Trinajstić information content (AvgIpc) is 1.25. The van der Waals surface area contributed by atoms with E-state index >= 15 is 0 Å². The van der Waals surface area contributed by atoms with E-state index in [1.807, 2.05) is 0 Å². The van der Waals surface area contributed by atoms with Gasteiger partial charge in [-0.15, -0.1) is 0 Å². The molecule has 0 spiro atoms. The molecule has 8 heavy (non-hydrogen) atoms. The van der Waals surface area contributed by atoms with Gasteiger partial charge in [-0.25, -0.2) is 4.86 Å². The molecule has 4 N–H and O–H groups in total. The summed E-state index contributed by atoms with van der Waals surface area (Å²) in [6, 6.07) is 0. The number of rotatable bonds is 0. The van der Waals surface area contributed by atoms with Crippen molar-refractivity contribution in [1.82, 2.24) is 0 Å². The van der Waals surface area contributed by atoms with Crippen LogP contribution in [-0.4, -0.2) is 10.4 Å². The van der Waals surface area contributed by atoms with Crippen LogP contribution in [0.25, 0.3) is 0 Å². The largest absolute Gasteiger partial charge is 0.591 e. The van der Waals surface area contributed by atoms with E-state index in [-0.39, 0.29) is 0 Å². The van der Waals surface area contributed by atoms with Crippen molar-refractivity contribution in [2.24, 2.45) is 11.7 Å². The molecule has 0 aliphatic carbocycles. The van der Waals surface area contributed by atoms with Gasteiger partial charge in [0.1, 0.15) is 5.54 Å². The Morgan fingerprint density at radius 2 is 1.38 bits per heavy atom. The third-order valence-electron chi connectivity index (χ3n) is 1.05. The van der Waals surface area contributed by atoms with E-state index in [1.165, 1.54) is 0 Å². The van der Waals surface area contributed by atoms with Gasteiger partial charge in [0.2, 0.25) is 0 Å². The molecule has 0 aliphatic heterocycles. The molecule has 0 saturated carbocycles. The number of hydroxylamine groups is 1. The van der Waals surface area contributed by atoms with Gasteiger partial charge in [0.25, 0.3) is 0 Å². The third-order valence-corrected chi connectivity index (χ3v) is 1.05. The van der Waals surface area contributed by atoms with Crippen LogP contribution in [0.3, 0.4) is 0 Å². The first-order chi connectivity index (χ1) is 3.25. The monoisotopic (exact) mass is 119 g/mol. The molecule has 4 heteroatoms. The van der Waals surface area contributed by atoms with Gasteiger partial charge in [-0.1, -0.05) is 0 Å². The summed E-state index contributed by atoms with van der Waals surface area (Å²) in [5, 5.41) is 10.6. The van der Waals surface area contributed by atoms with Crippen LogP contribution in [0.1, 0.15) is 20.8 Å². The average molecular weight is 119 g/mol. The molecule has 0 heterocycles. The fourth-order valence-electron chi connectivity index (χ4n) is 0. The number of nitrogens with zero attached hydrogens (tertiary/aromatic N) is 1. The van der Waals surface area contributed by atoms with Crippen LogP contribution < -0.4 is 11.7 Å². The minimum Gasteiger partial charge on any atom is -0.591 e. The maximum absolute atomic E-state index is 10.6. The summed E-state index contributed by atoms with van der Waals surface area (Å²) in [6.45, 7) is 5.04. The Kier molecular flexibility index (Phi) is 1.63. The number of hydrogen-bond donors (Lipinski definition) is 2. The highest BCUT2D eigenvalue weighted by Gasteiger charge is 2.25. The quantitative estimate of drug-likeness (QED) is 0.264. The zero-order valence-corrected chi connectivity index (χ0v) is 5.51. The van der Waals surface area contributed by atoms with Gasteiger partial charge in [-0.3, -0.25) is 0 Å². The molecule has 0 atom stereocenters. The first kappa shape index (κ1) is 7.84. The SMILES string of the molecule is CC(C)(C)[N+](N)(N)[O-]. The van der Waals surface area contributed by atoms with Crippen molar-refractivity contribution in [2.45, 2.75) is 26.3 Å². The smallest absolute Gasteiger partial charge is 0.126 e. The van der Waals surface area contributed by atoms with E-state index in [0.717, 1.165) is 0 Å². The third kappa shape index (κ3) is 1.75. The molecule has 0 aromatic rings. The Labute approximate surface area is 49.2 Å². The summed E-state index contributed by atoms with van der Waals surface area (Å²) in [6.07, 6.45) is 0. The highest BCUT2D eigenvalue weighted by Crippen LogP contribution is 2.10. The number of nitrogens with two attached hydrogens (primary N) is 2. The molecule has 0 saturated heterocycles. The van der Waals surface area contributed by atoms with Crippen LogP contribution in [0.4, 0.5) is 0 Å². The maximum Gasteiger partial charge on any atom is 0.126 e. The lowest BCUT2D eigenvalue weighted by atomic mass is 10.1. The van der Waals surface area contributed by atoms with Crippen LogP contribution in [0.5, 0.6) is 0 Å². The zero-order chi connectivity index (χ0) is 7.00. The van der Waals surface area contributed by atoms with Crippen molar-refractivity contribution < 1.29 is 4.86 Å². The Hall–Kier alpha value is -0.160. The molecule has 0 unspecified atom stereocenters. The Morgan fingerprint density at radius 3 is 1.38 bits per heavy atom. The standard InChI is InChI=1S/C4H13N3O/c1-4(2,3)7(5,6)8/h5-6H2,1-3H3. The summed E-state index contributed by atoms with van der Waals surface area (Å²) in [7, 11) is 0. The van der Waals surface area contributed by atoms with Crippen LogP contribution in [-0.2, 0) is 0 Å². The summed E-state index contributed by atoms with van der Waals surface area (Å²) in [5.41, 5.74) is -0.625. The molecule has 0 rings (SSSR count). The molecule has 0 aliphatic rings. The van der Waals surface area contributed by atoms with Crippen LogP contribution >= 0.6 is 0 Å². The van der Waals surface area contributed by atoms with E-state index in [9.17, 15) is 5.21 Å². The molecule has 0 aromatic carbocycles. The summed E-state index contributed by atoms with van der Waals surface area (Å²) in [5.74, 6) is 9.94. The molecule has 0 aromatic heterocycles. The molecular formula is C4H13N3O. The van der Waals surface area contributed by atoms with E-state index in [2.05, 4.69) is 0 Å². The van der Waals surface area contributed by atoms with E-state index < -0.39 is 10.4 Å². The molecular weight excluding hydrogens is 106 g/mol. The van der Waals surface area contributed by atoms with Crippen molar-refractivity contribution in [3.63, 3.8) is 0 Å². The van der Waals surface area contributed by atoms with E-state index in [1.54, 1.807) is 20.8 Å². The predicted octanol–water partition coefficient (Wildman–Crippen LogP) is -0.153. The number of quaternary nitrogens is 1. The lowest BCUT2D eigenvalue weighted by Gasteiger charge is -2.41. The Bertz CT molecular complexity index is 66.3. The second-order valence-electron chi connectivity index (χ2n) is 2.88. The van der Waals surface area contributed by atoms with E-state index in [4.69, 9.17) is 11.7 Å². The molecule has 50 valence electrons. The van der Waals surface area contributed by atoms with Gasteiger partial charge < -0.3 is 5.21 Å². The van der Waals surface area contributed by atoms with Gasteiger partial charge in [-0.05, 0) is 20.8 Å². The lowest BCUT2D eigenvalue weighted by molar-refractivity contribution is -0.949. The van der Waals surface area contributed by atoms with Gasteiger partial charge in [0.15, 0.2) is 0 Å². The second-order valence-corrected chi connectivity index (χ2v) is 2.88. The van der Waals surface area contributed by atoms with Gasteiger partial charge in [0.05, 0.1) is 0 Å². The van der Waals surface area contributed by atoms with Crippen molar-refractivity contribution >= 4 is 0 Å². The highest BCUT2D eigenvalue weighted by atomic mass is 16.6. The molecule has 0 amide bonds. The molecule has 0 radical (unpaired) electrons. The fraction of sp³-hybridized carbons (Fsp3) is 1.00. The summed E-state index contributed by atoms with van der Waals surface area (Å²) < 4.78 is 0. The first-order valence-electron chi connectivity index (χ1n) is 2.42. The fourth-order valence-corrected chi connectivity index (χ4v) is 0. The van der Waals surface area contributed by atoms with Crippen molar-refractivity contribution in [3.8, 4) is 0 Å². The molecule has 4 nitrogen and oxygen atoms in total. The summed E-state index contributed by atoms with van der Waals surface area (Å²) >= 11 is 0. The van der Waals surface area contributed by atoms with Crippen molar-refractivity contribution in [2.75, 3.05) is 0 Å². The second kappa shape index (κ2) is 1.66. The zero-order valence-electron chi connectivity index (χ0n) is 5.51. The Balaban J connectivity index is 4.02. The minimum atomic E-state index is -1.23. The highest BCUT2D eigenvalue weighted by molar-refractivity contribution is 4.57. The van der Waals surface area contributed by atoms with Crippen molar-refractivity contribution in [1.29, 1.82) is 0 Å². The van der Waals surface area contributed by atoms with Gasteiger partial charge >= 0.3 is 0 Å². The van der Waals surface area contributed by atoms with Crippen LogP contribution in [0.15, 0.2) is 0 Å². The Morgan fingerprint density at radius 1 is 1.25 bits per heavy atom. The van der Waals surface area contributed by atoms with E-state index in [0.29, 0.717) is 0 Å². The molecule has 0 fully saturated rings. The first-order valence-corrected chi connectivity index (χ1v) is 2.42. The lowest BCUT2D eigenvalue weighted by Crippen LogP contribution is -2.66. The minimum absolute atomic E-state index is 0.625. The van der Waals surface area contributed by atoms with Crippen LogP contribution in [0.2, 0.25) is 0 Å². The predicted molar refractivity (Wildman–Crippen MR) is 31.8 cm³/mol. The maximum atomic E-state index is 10.6. The van der Waals surface area contributed by atoms with Crippen molar-refractivity contribution in [3.05, 3.63) is 5.21 Å². The molecule has 0 bridgehead atoms. The van der Waals surface area contributed by atoms with Gasteiger partial charge in [0, 0.05) is 0 Å². The topological polar surface area (TPSA) is 75.1 Å². The summed E-state index contributed by atoms with van der Waals surface area (Å²) in [4.78, 5) is -1.23. The van der Waals surface area contributed by atoms with Crippen LogP contribution in [0, 0.1) is 5.21 Å². The normalized spacial score (nSPS) is 14.2.